The molecule has 0 fully saturated rings. The van der Waals surface area contributed by atoms with E-state index in [0.717, 1.165) is 5.56 Å². The largest absolute Gasteiger partial charge is 0.252 e. The van der Waals surface area contributed by atoms with Crippen LogP contribution in [0.15, 0.2) is 29.2 Å². The molecule has 1 rings (SSSR count). The minimum atomic E-state index is -1.47. The van der Waals surface area contributed by atoms with Gasteiger partial charge in [-0.3, -0.25) is 4.21 Å². The SMILES string of the molecule is Cc1ccc([S@](=O)CF)cc1. The summed E-state index contributed by atoms with van der Waals surface area (Å²) in [4.78, 5) is 0.554. The van der Waals surface area contributed by atoms with Crippen LogP contribution in [0.25, 0.3) is 0 Å². The second-order valence-electron chi connectivity index (χ2n) is 2.27. The standard InChI is InChI=1S/C8H9FOS/c1-7-2-4-8(5-3-7)11(10)6-9/h2-5H,6H2,1H3/t11-/m1/s1. The van der Waals surface area contributed by atoms with E-state index >= 15 is 0 Å². The molecular formula is C8H9FOS. The lowest BCUT2D eigenvalue weighted by molar-refractivity contribution is 0.580. The quantitative estimate of drug-likeness (QED) is 0.667. The smallest absolute Gasteiger partial charge is 0.169 e. The summed E-state index contributed by atoms with van der Waals surface area (Å²) in [7, 11) is -1.47. The number of aryl methyl sites for hydroxylation is 1. The number of halogens is 1. The van der Waals surface area contributed by atoms with Gasteiger partial charge in [0.2, 0.25) is 0 Å². The van der Waals surface area contributed by atoms with Crippen molar-refractivity contribution < 1.29 is 8.60 Å². The average Bonchev–Trinajstić information content (AvgIpc) is 2.05. The van der Waals surface area contributed by atoms with E-state index in [1.165, 1.54) is 0 Å². The van der Waals surface area contributed by atoms with Crippen molar-refractivity contribution in [2.45, 2.75) is 11.8 Å². The van der Waals surface area contributed by atoms with Gasteiger partial charge < -0.3 is 0 Å². The van der Waals surface area contributed by atoms with Crippen molar-refractivity contribution in [2.75, 3.05) is 6.01 Å². The normalized spacial score (nSPS) is 12.9. The van der Waals surface area contributed by atoms with E-state index in [-0.39, 0.29) is 0 Å². The van der Waals surface area contributed by atoms with Gasteiger partial charge >= 0.3 is 0 Å². The summed E-state index contributed by atoms with van der Waals surface area (Å²) < 4.78 is 22.7. The van der Waals surface area contributed by atoms with Crippen molar-refractivity contribution >= 4 is 10.8 Å². The van der Waals surface area contributed by atoms with Crippen LogP contribution in [0, 0.1) is 6.92 Å². The summed E-state index contributed by atoms with van der Waals surface area (Å²) in [6.45, 7) is 1.93. The van der Waals surface area contributed by atoms with Gasteiger partial charge in [0, 0.05) is 4.90 Å². The maximum Gasteiger partial charge on any atom is 0.169 e. The van der Waals surface area contributed by atoms with Gasteiger partial charge in [-0.15, -0.1) is 0 Å². The Balaban J connectivity index is 2.90. The molecule has 0 saturated heterocycles. The molecule has 0 aliphatic heterocycles. The van der Waals surface area contributed by atoms with Crippen LogP contribution in [0.3, 0.4) is 0 Å². The van der Waals surface area contributed by atoms with Crippen molar-refractivity contribution in [1.82, 2.24) is 0 Å². The van der Waals surface area contributed by atoms with Crippen molar-refractivity contribution in [3.8, 4) is 0 Å². The molecular weight excluding hydrogens is 163 g/mol. The van der Waals surface area contributed by atoms with Crippen molar-refractivity contribution in [1.29, 1.82) is 0 Å². The molecule has 0 radical (unpaired) electrons. The predicted octanol–water partition coefficient (Wildman–Crippen LogP) is 2.03. The van der Waals surface area contributed by atoms with Crippen LogP contribution in [0.1, 0.15) is 5.56 Å². The van der Waals surface area contributed by atoms with Crippen LogP contribution in [0.5, 0.6) is 0 Å². The zero-order valence-corrected chi connectivity index (χ0v) is 7.03. The van der Waals surface area contributed by atoms with E-state index in [1.54, 1.807) is 12.1 Å². The van der Waals surface area contributed by atoms with E-state index in [0.29, 0.717) is 4.90 Å². The Morgan fingerprint density at radius 2 is 1.91 bits per heavy atom. The molecule has 0 amide bonds. The Kier molecular flexibility index (Phi) is 2.76. The van der Waals surface area contributed by atoms with E-state index < -0.39 is 16.8 Å². The van der Waals surface area contributed by atoms with Crippen molar-refractivity contribution in [2.24, 2.45) is 0 Å². The molecule has 1 aromatic carbocycles. The van der Waals surface area contributed by atoms with Crippen LogP contribution in [0.2, 0.25) is 0 Å². The van der Waals surface area contributed by atoms with E-state index in [4.69, 9.17) is 0 Å². The lowest BCUT2D eigenvalue weighted by Gasteiger charge is -1.96. The number of alkyl halides is 1. The number of hydrogen-bond acceptors (Lipinski definition) is 1. The first-order chi connectivity index (χ1) is 5.24. The Bertz CT molecular complexity index is 255. The van der Waals surface area contributed by atoms with Gasteiger partial charge in [-0.2, -0.15) is 0 Å². The topological polar surface area (TPSA) is 17.1 Å². The summed E-state index contributed by atoms with van der Waals surface area (Å²) in [6, 6.07) is 6.21. The molecule has 0 bridgehead atoms. The van der Waals surface area contributed by atoms with E-state index in [9.17, 15) is 8.60 Å². The molecule has 11 heavy (non-hydrogen) atoms. The molecule has 0 aliphatic carbocycles. The fraction of sp³-hybridized carbons (Fsp3) is 0.250. The Morgan fingerprint density at radius 1 is 1.36 bits per heavy atom. The highest BCUT2D eigenvalue weighted by atomic mass is 32.2. The lowest BCUT2D eigenvalue weighted by atomic mass is 10.2. The summed E-state index contributed by atoms with van der Waals surface area (Å²) in [6.07, 6.45) is 0. The summed E-state index contributed by atoms with van der Waals surface area (Å²) >= 11 is 0. The first-order valence-corrected chi connectivity index (χ1v) is 4.57. The molecule has 0 heterocycles. The molecule has 0 N–H and O–H groups in total. The van der Waals surface area contributed by atoms with Gasteiger partial charge in [0.05, 0.1) is 10.8 Å². The highest BCUT2D eigenvalue weighted by Crippen LogP contribution is 2.07. The van der Waals surface area contributed by atoms with Gasteiger partial charge in [-0.05, 0) is 19.1 Å². The summed E-state index contributed by atoms with van der Waals surface area (Å²) in [5, 5.41) is 0. The molecule has 0 aliphatic rings. The predicted molar refractivity (Wildman–Crippen MR) is 43.6 cm³/mol. The third-order valence-corrected chi connectivity index (χ3v) is 2.38. The maximum absolute atomic E-state index is 11.9. The molecule has 60 valence electrons. The van der Waals surface area contributed by atoms with Gasteiger partial charge in [0.1, 0.15) is 0 Å². The van der Waals surface area contributed by atoms with Crippen LogP contribution in [-0.2, 0) is 10.8 Å². The van der Waals surface area contributed by atoms with Gasteiger partial charge in [0.15, 0.2) is 6.01 Å². The van der Waals surface area contributed by atoms with Crippen LogP contribution in [0.4, 0.5) is 4.39 Å². The Hall–Kier alpha value is -0.700. The summed E-state index contributed by atoms with van der Waals surface area (Å²) in [5.74, 6) is 0. The third kappa shape index (κ3) is 2.12. The fourth-order valence-electron chi connectivity index (χ4n) is 0.753. The average molecular weight is 172 g/mol. The highest BCUT2D eigenvalue weighted by molar-refractivity contribution is 7.84. The molecule has 3 heteroatoms. The minimum Gasteiger partial charge on any atom is -0.252 e. The van der Waals surface area contributed by atoms with Gasteiger partial charge in [-0.25, -0.2) is 4.39 Å². The molecule has 1 nitrogen and oxygen atoms in total. The lowest BCUT2D eigenvalue weighted by Crippen LogP contribution is -1.91. The molecule has 0 aromatic heterocycles. The van der Waals surface area contributed by atoms with Crippen LogP contribution >= 0.6 is 0 Å². The van der Waals surface area contributed by atoms with Crippen molar-refractivity contribution in [3.05, 3.63) is 29.8 Å². The van der Waals surface area contributed by atoms with E-state index in [1.807, 2.05) is 19.1 Å². The maximum atomic E-state index is 11.9. The number of benzene rings is 1. The van der Waals surface area contributed by atoms with Crippen molar-refractivity contribution in [3.63, 3.8) is 0 Å². The zero-order chi connectivity index (χ0) is 8.27. The molecule has 1 aromatic rings. The first-order valence-electron chi connectivity index (χ1n) is 3.25. The van der Waals surface area contributed by atoms with Crippen LogP contribution < -0.4 is 0 Å². The third-order valence-electron chi connectivity index (χ3n) is 1.38. The minimum absolute atomic E-state index is 0.554. The van der Waals surface area contributed by atoms with Gasteiger partial charge in [-0.1, -0.05) is 17.7 Å². The molecule has 0 unspecified atom stereocenters. The van der Waals surface area contributed by atoms with Crippen LogP contribution in [-0.4, -0.2) is 10.2 Å². The Labute approximate surface area is 67.7 Å². The molecule has 0 saturated carbocycles. The first kappa shape index (κ1) is 8.40. The number of hydrogen-bond donors (Lipinski definition) is 0. The highest BCUT2D eigenvalue weighted by Gasteiger charge is 2.00. The monoisotopic (exact) mass is 172 g/mol. The Morgan fingerprint density at radius 3 is 2.36 bits per heavy atom. The molecule has 0 spiro atoms. The fourth-order valence-corrected chi connectivity index (χ4v) is 1.32. The zero-order valence-electron chi connectivity index (χ0n) is 6.21. The second-order valence-corrected chi connectivity index (χ2v) is 3.65. The second kappa shape index (κ2) is 3.62. The van der Waals surface area contributed by atoms with E-state index in [2.05, 4.69) is 0 Å². The summed E-state index contributed by atoms with van der Waals surface area (Å²) in [5.41, 5.74) is 1.09. The molecule has 1 atom stereocenters. The number of rotatable bonds is 2. The van der Waals surface area contributed by atoms with Gasteiger partial charge in [0.25, 0.3) is 0 Å².